The summed E-state index contributed by atoms with van der Waals surface area (Å²) in [6.07, 6.45) is 7.74. The van der Waals surface area contributed by atoms with Crippen LogP contribution < -0.4 is 10.6 Å². The van der Waals surface area contributed by atoms with Gasteiger partial charge in [0.25, 0.3) is 0 Å². The summed E-state index contributed by atoms with van der Waals surface area (Å²) in [5, 5.41) is 7.46. The van der Waals surface area contributed by atoms with E-state index in [9.17, 15) is 0 Å². The molecule has 8 heteroatoms. The first kappa shape index (κ1) is 32.3. The standard InChI is InChI=1S/C34H62N8/c1-11-35-13-25-41(23-5-21-39-19-3-17-37(15-1)27-29-39)31-33-7-9-34(10-8-33)32-42-24-6-22-40-20-4-18-38(28-30-40)16-2-12-36-14-26-42/h7-10,35-36H,1-6,11-32H2. The van der Waals surface area contributed by atoms with Crippen molar-refractivity contribution in [3.63, 3.8) is 0 Å². The molecule has 1 aromatic rings. The smallest absolute Gasteiger partial charge is 0.0234 e. The maximum atomic E-state index is 3.73. The van der Waals surface area contributed by atoms with Crippen LogP contribution in [0.4, 0.5) is 0 Å². The number of nitrogens with zero attached hydrogens (tertiary/aromatic N) is 6. The van der Waals surface area contributed by atoms with Gasteiger partial charge in [-0.3, -0.25) is 9.80 Å². The molecule has 1 aromatic carbocycles. The van der Waals surface area contributed by atoms with Gasteiger partial charge in [0.2, 0.25) is 0 Å². The first-order chi connectivity index (χ1) is 20.8. The Morgan fingerprint density at radius 1 is 0.357 bits per heavy atom. The van der Waals surface area contributed by atoms with Crippen LogP contribution in [0.1, 0.15) is 49.7 Å². The van der Waals surface area contributed by atoms with Crippen molar-refractivity contribution in [3.8, 4) is 0 Å². The first-order valence-electron chi connectivity index (χ1n) is 17.6. The minimum atomic E-state index is 1.07. The summed E-state index contributed by atoms with van der Waals surface area (Å²) in [4.78, 5) is 16.2. The zero-order chi connectivity index (χ0) is 28.7. The third-order valence-corrected chi connectivity index (χ3v) is 9.96. The van der Waals surface area contributed by atoms with Gasteiger partial charge in [0, 0.05) is 65.4 Å². The third kappa shape index (κ3) is 11.8. The predicted molar refractivity (Wildman–Crippen MR) is 176 cm³/mol. The van der Waals surface area contributed by atoms with E-state index in [0.717, 1.165) is 52.4 Å². The molecule has 8 nitrogen and oxygen atoms in total. The second-order valence-corrected chi connectivity index (χ2v) is 13.4. The number of nitrogens with one attached hydrogen (secondary N) is 2. The third-order valence-electron chi connectivity index (χ3n) is 9.96. The van der Waals surface area contributed by atoms with Crippen LogP contribution in [0.2, 0.25) is 0 Å². The molecule has 0 aliphatic carbocycles. The quantitative estimate of drug-likeness (QED) is 0.560. The lowest BCUT2D eigenvalue weighted by molar-refractivity contribution is 0.214. The first-order valence-corrected chi connectivity index (χ1v) is 17.6. The Morgan fingerprint density at radius 2 is 0.690 bits per heavy atom. The van der Waals surface area contributed by atoms with Crippen LogP contribution in [0.25, 0.3) is 0 Å². The predicted octanol–water partition coefficient (Wildman–Crippen LogP) is 2.07. The van der Waals surface area contributed by atoms with Crippen LogP contribution in [0.3, 0.4) is 0 Å². The molecule has 4 fully saturated rings. The molecular formula is C34H62N8. The Hall–Kier alpha value is -1.10. The molecule has 4 aliphatic heterocycles. The molecule has 0 spiro atoms. The molecule has 2 N–H and O–H groups in total. The average molecular weight is 583 g/mol. The average Bonchev–Trinajstić information content (AvgIpc) is 3.37. The molecule has 0 amide bonds. The van der Waals surface area contributed by atoms with Gasteiger partial charge < -0.3 is 30.2 Å². The van der Waals surface area contributed by atoms with Gasteiger partial charge in [0.05, 0.1) is 0 Å². The Labute approximate surface area is 257 Å². The molecule has 4 saturated heterocycles. The van der Waals surface area contributed by atoms with E-state index < -0.39 is 0 Å². The Bertz CT molecular complexity index is 781. The summed E-state index contributed by atoms with van der Waals surface area (Å²) < 4.78 is 0. The molecular weight excluding hydrogens is 520 g/mol. The Morgan fingerprint density at radius 3 is 1.07 bits per heavy atom. The SMILES string of the molecule is c1cc(CN2CCCN3CCCN(CCCNCC2)CC3)ccc1CN1CCCN2CCCN(CCCNCC1)CC2. The van der Waals surface area contributed by atoms with Gasteiger partial charge in [-0.05, 0) is 128 Å². The van der Waals surface area contributed by atoms with E-state index >= 15 is 0 Å². The van der Waals surface area contributed by atoms with E-state index in [1.807, 2.05) is 0 Å². The normalized spacial score (nSPS) is 31.0. The van der Waals surface area contributed by atoms with Gasteiger partial charge in [-0.25, -0.2) is 0 Å². The largest absolute Gasteiger partial charge is 0.315 e. The molecule has 4 heterocycles. The van der Waals surface area contributed by atoms with Crippen molar-refractivity contribution < 1.29 is 0 Å². The van der Waals surface area contributed by atoms with E-state index in [0.29, 0.717) is 0 Å². The topological polar surface area (TPSA) is 43.5 Å². The minimum Gasteiger partial charge on any atom is -0.315 e. The van der Waals surface area contributed by atoms with Crippen LogP contribution >= 0.6 is 0 Å². The highest BCUT2D eigenvalue weighted by Crippen LogP contribution is 2.13. The summed E-state index contributed by atoms with van der Waals surface area (Å²) in [5.41, 5.74) is 2.92. The second kappa shape index (κ2) is 18.6. The lowest BCUT2D eigenvalue weighted by Crippen LogP contribution is -2.37. The van der Waals surface area contributed by atoms with Crippen molar-refractivity contribution in [3.05, 3.63) is 35.4 Å². The van der Waals surface area contributed by atoms with E-state index in [-0.39, 0.29) is 0 Å². The fourth-order valence-electron chi connectivity index (χ4n) is 7.37. The highest BCUT2D eigenvalue weighted by molar-refractivity contribution is 5.22. The van der Waals surface area contributed by atoms with Gasteiger partial charge in [0.1, 0.15) is 0 Å². The fourth-order valence-corrected chi connectivity index (χ4v) is 7.37. The van der Waals surface area contributed by atoms with E-state index in [4.69, 9.17) is 0 Å². The van der Waals surface area contributed by atoms with E-state index in [1.165, 1.54) is 141 Å². The molecule has 0 saturated carbocycles. The van der Waals surface area contributed by atoms with Crippen LogP contribution in [0.15, 0.2) is 24.3 Å². The molecule has 238 valence electrons. The summed E-state index contributed by atoms with van der Waals surface area (Å²) in [6, 6.07) is 9.62. The molecule has 4 unspecified atom stereocenters. The van der Waals surface area contributed by atoms with Crippen molar-refractivity contribution in [2.24, 2.45) is 0 Å². The van der Waals surface area contributed by atoms with Crippen molar-refractivity contribution in [1.29, 1.82) is 0 Å². The fraction of sp³-hybridized carbons (Fsp3) is 0.824. The minimum absolute atomic E-state index is 1.07. The van der Waals surface area contributed by atoms with Crippen LogP contribution in [0, 0.1) is 0 Å². The van der Waals surface area contributed by atoms with Crippen molar-refractivity contribution in [1.82, 2.24) is 40.0 Å². The Balaban J connectivity index is 1.10. The molecule has 4 atom stereocenters. The van der Waals surface area contributed by atoms with Crippen molar-refractivity contribution in [2.75, 3.05) is 131 Å². The van der Waals surface area contributed by atoms with E-state index in [1.54, 1.807) is 0 Å². The second-order valence-electron chi connectivity index (χ2n) is 13.4. The summed E-state index contributed by atoms with van der Waals surface area (Å²) in [7, 11) is 0. The van der Waals surface area contributed by atoms with Crippen molar-refractivity contribution >= 4 is 0 Å². The molecule has 4 bridgehead atoms. The zero-order valence-electron chi connectivity index (χ0n) is 26.8. The van der Waals surface area contributed by atoms with E-state index in [2.05, 4.69) is 64.3 Å². The Kier molecular flexibility index (Phi) is 14.3. The maximum Gasteiger partial charge on any atom is 0.0234 e. The molecule has 0 radical (unpaired) electrons. The number of hydrogen-bond acceptors (Lipinski definition) is 8. The molecule has 0 aromatic heterocycles. The highest BCUT2D eigenvalue weighted by atomic mass is 15.2. The van der Waals surface area contributed by atoms with Gasteiger partial charge in [0.15, 0.2) is 0 Å². The number of rotatable bonds is 4. The monoisotopic (exact) mass is 583 g/mol. The van der Waals surface area contributed by atoms with Gasteiger partial charge >= 0.3 is 0 Å². The van der Waals surface area contributed by atoms with Crippen LogP contribution in [0.5, 0.6) is 0 Å². The number of benzene rings is 1. The zero-order valence-corrected chi connectivity index (χ0v) is 26.8. The van der Waals surface area contributed by atoms with Crippen LogP contribution in [-0.2, 0) is 13.1 Å². The summed E-state index contributed by atoms with van der Waals surface area (Å²) in [5.74, 6) is 0. The maximum absolute atomic E-state index is 3.73. The number of fused-ring (bicyclic) bond motifs is 6. The molecule has 5 rings (SSSR count). The summed E-state index contributed by atoms with van der Waals surface area (Å²) >= 11 is 0. The summed E-state index contributed by atoms with van der Waals surface area (Å²) in [6.45, 7) is 26.4. The van der Waals surface area contributed by atoms with Crippen molar-refractivity contribution in [2.45, 2.75) is 51.6 Å². The number of hydrogen-bond donors (Lipinski definition) is 2. The lowest BCUT2D eigenvalue weighted by atomic mass is 10.1. The van der Waals surface area contributed by atoms with Gasteiger partial charge in [-0.2, -0.15) is 0 Å². The molecule has 4 aliphatic rings. The van der Waals surface area contributed by atoms with Crippen LogP contribution in [-0.4, -0.2) is 160 Å². The highest BCUT2D eigenvalue weighted by Gasteiger charge is 2.17. The van der Waals surface area contributed by atoms with Gasteiger partial charge in [-0.1, -0.05) is 24.3 Å². The van der Waals surface area contributed by atoms with Gasteiger partial charge in [-0.15, -0.1) is 0 Å². The molecule has 42 heavy (non-hydrogen) atoms. The lowest BCUT2D eigenvalue weighted by Gasteiger charge is -2.27.